The van der Waals surface area contributed by atoms with Crippen molar-refractivity contribution in [2.45, 2.75) is 38.5 Å². The summed E-state index contributed by atoms with van der Waals surface area (Å²) in [5, 5.41) is 4.45. The summed E-state index contributed by atoms with van der Waals surface area (Å²) < 4.78 is 1.70. The Balaban J connectivity index is 1.77. The highest BCUT2D eigenvalue weighted by Crippen LogP contribution is 2.25. The van der Waals surface area contributed by atoms with Crippen molar-refractivity contribution in [3.05, 3.63) is 35.7 Å². The number of hydrogen-bond donors (Lipinski definition) is 1. The van der Waals surface area contributed by atoms with E-state index in [2.05, 4.69) is 28.9 Å². The third-order valence-electron chi connectivity index (χ3n) is 4.32. The second kappa shape index (κ2) is 5.94. The SMILES string of the molecule is CC(C)c1cc(C(=O)N2CCCC(c3ncc[nH]3)C2)n(C)n1. The summed E-state index contributed by atoms with van der Waals surface area (Å²) in [6, 6.07) is 1.92. The molecule has 6 heteroatoms. The molecule has 1 aliphatic heterocycles. The molecule has 0 saturated carbocycles. The number of hydrogen-bond acceptors (Lipinski definition) is 3. The topological polar surface area (TPSA) is 66.8 Å². The Morgan fingerprint density at radius 2 is 2.27 bits per heavy atom. The number of nitrogens with one attached hydrogen (secondary N) is 1. The van der Waals surface area contributed by atoms with Crippen LogP contribution in [0.15, 0.2) is 18.5 Å². The normalized spacial score (nSPS) is 18.9. The van der Waals surface area contributed by atoms with Crippen LogP contribution in [-0.2, 0) is 7.05 Å². The number of imidazole rings is 1. The van der Waals surface area contributed by atoms with Crippen molar-refractivity contribution in [3.8, 4) is 0 Å². The number of aromatic nitrogens is 4. The van der Waals surface area contributed by atoms with Crippen molar-refractivity contribution in [1.29, 1.82) is 0 Å². The average Bonchev–Trinajstić information content (AvgIpc) is 3.16. The quantitative estimate of drug-likeness (QED) is 0.946. The summed E-state index contributed by atoms with van der Waals surface area (Å²) in [6.07, 6.45) is 5.68. The molecule has 1 aliphatic rings. The summed E-state index contributed by atoms with van der Waals surface area (Å²) in [4.78, 5) is 22.2. The Labute approximate surface area is 130 Å². The van der Waals surface area contributed by atoms with Gasteiger partial charge in [-0.2, -0.15) is 5.10 Å². The van der Waals surface area contributed by atoms with E-state index in [9.17, 15) is 4.79 Å². The molecule has 1 atom stereocenters. The average molecular weight is 301 g/mol. The number of nitrogens with zero attached hydrogens (tertiary/aromatic N) is 4. The number of carbonyl (C=O) groups is 1. The van der Waals surface area contributed by atoms with Crippen LogP contribution in [0.5, 0.6) is 0 Å². The van der Waals surface area contributed by atoms with Crippen LogP contribution in [0.3, 0.4) is 0 Å². The standard InChI is InChI=1S/C16H23N5O/c1-11(2)13-9-14(20(3)19-13)16(22)21-8-4-5-12(10-21)15-17-6-7-18-15/h6-7,9,11-12H,4-5,8,10H2,1-3H3,(H,17,18). The van der Waals surface area contributed by atoms with Crippen molar-refractivity contribution in [1.82, 2.24) is 24.6 Å². The lowest BCUT2D eigenvalue weighted by Gasteiger charge is -2.31. The van der Waals surface area contributed by atoms with Gasteiger partial charge in [-0.25, -0.2) is 4.98 Å². The van der Waals surface area contributed by atoms with Gasteiger partial charge in [0.15, 0.2) is 0 Å². The molecule has 6 nitrogen and oxygen atoms in total. The van der Waals surface area contributed by atoms with Crippen LogP contribution >= 0.6 is 0 Å². The van der Waals surface area contributed by atoms with Crippen molar-refractivity contribution >= 4 is 5.91 Å². The van der Waals surface area contributed by atoms with Gasteiger partial charge >= 0.3 is 0 Å². The van der Waals surface area contributed by atoms with Gasteiger partial charge in [0.1, 0.15) is 11.5 Å². The third kappa shape index (κ3) is 2.77. The number of aromatic amines is 1. The molecule has 3 heterocycles. The Bertz CT molecular complexity index is 644. The molecule has 0 radical (unpaired) electrons. The van der Waals surface area contributed by atoms with Crippen LogP contribution in [0.2, 0.25) is 0 Å². The maximum absolute atomic E-state index is 12.8. The monoisotopic (exact) mass is 301 g/mol. The van der Waals surface area contributed by atoms with E-state index in [0.29, 0.717) is 24.1 Å². The van der Waals surface area contributed by atoms with E-state index < -0.39 is 0 Å². The number of amides is 1. The molecular formula is C16H23N5O. The molecule has 118 valence electrons. The number of carbonyl (C=O) groups excluding carboxylic acids is 1. The molecule has 2 aromatic rings. The maximum atomic E-state index is 12.8. The summed E-state index contributed by atoms with van der Waals surface area (Å²) in [7, 11) is 1.84. The number of aryl methyl sites for hydroxylation is 1. The molecular weight excluding hydrogens is 278 g/mol. The van der Waals surface area contributed by atoms with Gasteiger partial charge in [-0.3, -0.25) is 9.48 Å². The number of likely N-dealkylation sites (tertiary alicyclic amines) is 1. The van der Waals surface area contributed by atoms with Crippen molar-refractivity contribution < 1.29 is 4.79 Å². The number of rotatable bonds is 3. The fraction of sp³-hybridized carbons (Fsp3) is 0.562. The molecule has 2 aromatic heterocycles. The largest absolute Gasteiger partial charge is 0.348 e. The van der Waals surface area contributed by atoms with Crippen LogP contribution in [0, 0.1) is 0 Å². The van der Waals surface area contributed by atoms with E-state index in [-0.39, 0.29) is 5.91 Å². The Morgan fingerprint density at radius 1 is 1.45 bits per heavy atom. The first-order valence-electron chi connectivity index (χ1n) is 7.88. The molecule has 22 heavy (non-hydrogen) atoms. The van der Waals surface area contributed by atoms with Crippen LogP contribution in [0.1, 0.15) is 60.5 Å². The highest BCUT2D eigenvalue weighted by atomic mass is 16.2. The molecule has 0 bridgehead atoms. The van der Waals surface area contributed by atoms with E-state index in [4.69, 9.17) is 0 Å². The minimum absolute atomic E-state index is 0.0677. The van der Waals surface area contributed by atoms with Gasteiger partial charge in [0, 0.05) is 38.4 Å². The molecule has 0 aromatic carbocycles. The molecule has 3 rings (SSSR count). The number of piperidine rings is 1. The Morgan fingerprint density at radius 3 is 2.91 bits per heavy atom. The van der Waals surface area contributed by atoms with Crippen LogP contribution in [0.25, 0.3) is 0 Å². The van der Waals surface area contributed by atoms with E-state index in [1.54, 1.807) is 10.9 Å². The summed E-state index contributed by atoms with van der Waals surface area (Å²) in [5.74, 6) is 1.67. The lowest BCUT2D eigenvalue weighted by Crippen LogP contribution is -2.40. The second-order valence-corrected chi connectivity index (χ2v) is 6.30. The van der Waals surface area contributed by atoms with Gasteiger partial charge in [-0.05, 0) is 24.8 Å². The highest BCUT2D eigenvalue weighted by molar-refractivity contribution is 5.92. The van der Waals surface area contributed by atoms with Gasteiger partial charge < -0.3 is 9.88 Å². The van der Waals surface area contributed by atoms with Crippen LogP contribution < -0.4 is 0 Å². The van der Waals surface area contributed by atoms with Gasteiger partial charge in [0.2, 0.25) is 0 Å². The smallest absolute Gasteiger partial charge is 0.272 e. The third-order valence-corrected chi connectivity index (χ3v) is 4.32. The Hall–Kier alpha value is -2.11. The lowest BCUT2D eigenvalue weighted by molar-refractivity contribution is 0.0693. The zero-order valence-electron chi connectivity index (χ0n) is 13.4. The molecule has 1 N–H and O–H groups in total. The van der Waals surface area contributed by atoms with Crippen molar-refractivity contribution in [2.75, 3.05) is 13.1 Å². The zero-order chi connectivity index (χ0) is 15.7. The van der Waals surface area contributed by atoms with Crippen LogP contribution in [-0.4, -0.2) is 43.6 Å². The van der Waals surface area contributed by atoms with Crippen LogP contribution in [0.4, 0.5) is 0 Å². The second-order valence-electron chi connectivity index (χ2n) is 6.30. The molecule has 1 amide bonds. The maximum Gasteiger partial charge on any atom is 0.272 e. The number of H-pyrrole nitrogens is 1. The van der Waals surface area contributed by atoms with E-state index in [1.807, 2.05) is 24.2 Å². The van der Waals surface area contributed by atoms with Gasteiger partial charge in [-0.15, -0.1) is 0 Å². The zero-order valence-corrected chi connectivity index (χ0v) is 13.4. The first-order chi connectivity index (χ1) is 10.6. The molecule has 1 fully saturated rings. The fourth-order valence-corrected chi connectivity index (χ4v) is 3.02. The predicted octanol–water partition coefficient (Wildman–Crippen LogP) is 2.29. The fourth-order valence-electron chi connectivity index (χ4n) is 3.02. The molecule has 1 unspecified atom stereocenters. The van der Waals surface area contributed by atoms with E-state index in [0.717, 1.165) is 30.9 Å². The van der Waals surface area contributed by atoms with E-state index in [1.165, 1.54) is 0 Å². The van der Waals surface area contributed by atoms with E-state index >= 15 is 0 Å². The van der Waals surface area contributed by atoms with Gasteiger partial charge in [0.25, 0.3) is 5.91 Å². The van der Waals surface area contributed by atoms with Gasteiger partial charge in [0.05, 0.1) is 5.69 Å². The first kappa shape index (κ1) is 14.8. The van der Waals surface area contributed by atoms with Crippen molar-refractivity contribution in [3.63, 3.8) is 0 Å². The summed E-state index contributed by atoms with van der Waals surface area (Å²) in [5.41, 5.74) is 1.63. The lowest BCUT2D eigenvalue weighted by atomic mass is 9.97. The summed E-state index contributed by atoms with van der Waals surface area (Å²) >= 11 is 0. The molecule has 0 spiro atoms. The van der Waals surface area contributed by atoms with Gasteiger partial charge in [-0.1, -0.05) is 13.8 Å². The summed E-state index contributed by atoms with van der Waals surface area (Å²) in [6.45, 7) is 5.70. The minimum atomic E-state index is 0.0677. The van der Waals surface area contributed by atoms with Crippen molar-refractivity contribution in [2.24, 2.45) is 7.05 Å². The predicted molar refractivity (Wildman–Crippen MR) is 83.8 cm³/mol. The molecule has 1 saturated heterocycles. The minimum Gasteiger partial charge on any atom is -0.348 e. The highest BCUT2D eigenvalue weighted by Gasteiger charge is 2.28. The Kier molecular flexibility index (Phi) is 4.00. The molecule has 0 aliphatic carbocycles. The first-order valence-corrected chi connectivity index (χ1v) is 7.88.